The van der Waals surface area contributed by atoms with E-state index in [0.29, 0.717) is 6.61 Å². The van der Waals surface area contributed by atoms with Gasteiger partial charge in [-0.25, -0.2) is 0 Å². The summed E-state index contributed by atoms with van der Waals surface area (Å²) in [5.74, 6) is 0. The van der Waals surface area contributed by atoms with Gasteiger partial charge in [0, 0.05) is 12.1 Å². The fourth-order valence-corrected chi connectivity index (χ4v) is 0.241. The van der Waals surface area contributed by atoms with E-state index in [2.05, 4.69) is 0 Å². The third kappa shape index (κ3) is 5.99. The Labute approximate surface area is 48.9 Å². The van der Waals surface area contributed by atoms with Crippen molar-refractivity contribution < 1.29 is 4.74 Å². The maximum absolute atomic E-state index is 5.15. The van der Waals surface area contributed by atoms with Crippen LogP contribution < -0.4 is 0 Å². The standard InChI is InChI=1S/C5H8ClO/c1-2-7-5-3-4-6/h3-5H,2H2,1H3/b4-3+. The second-order valence-electron chi connectivity index (χ2n) is 0.910. The van der Waals surface area contributed by atoms with Crippen LogP contribution >= 0.6 is 11.6 Å². The van der Waals surface area contributed by atoms with Crippen molar-refractivity contribution in [1.29, 1.82) is 0 Å². The average Bonchev–Trinajstić information content (AvgIpc) is 1.69. The molecule has 0 heterocycles. The Morgan fingerprint density at radius 1 is 1.71 bits per heavy atom. The van der Waals surface area contributed by atoms with Crippen LogP contribution in [0.5, 0.6) is 0 Å². The number of ether oxygens (including phenoxy) is 1. The third-order valence-electron chi connectivity index (χ3n) is 0.414. The van der Waals surface area contributed by atoms with Gasteiger partial charge in [0.25, 0.3) is 0 Å². The summed E-state index contributed by atoms with van der Waals surface area (Å²) in [6.07, 6.45) is 1.63. The second kappa shape index (κ2) is 5.99. The summed E-state index contributed by atoms with van der Waals surface area (Å²) in [6, 6.07) is 0. The molecule has 0 saturated carbocycles. The quantitative estimate of drug-likeness (QED) is 0.516. The first-order valence-corrected chi connectivity index (χ1v) is 2.55. The van der Waals surface area contributed by atoms with Crippen LogP contribution in [0.25, 0.3) is 0 Å². The highest BCUT2D eigenvalue weighted by Crippen LogP contribution is 1.84. The molecule has 0 unspecified atom stereocenters. The van der Waals surface area contributed by atoms with Gasteiger partial charge in [-0.15, -0.1) is 0 Å². The molecule has 0 N–H and O–H groups in total. The highest BCUT2D eigenvalue weighted by Gasteiger charge is 1.72. The molecule has 0 spiro atoms. The Kier molecular flexibility index (Phi) is 5.98. The van der Waals surface area contributed by atoms with E-state index in [1.165, 1.54) is 5.54 Å². The molecule has 0 aliphatic rings. The maximum Gasteiger partial charge on any atom is 0.106 e. The van der Waals surface area contributed by atoms with E-state index in [-0.39, 0.29) is 0 Å². The molecule has 0 atom stereocenters. The van der Waals surface area contributed by atoms with E-state index in [4.69, 9.17) is 16.3 Å². The van der Waals surface area contributed by atoms with Crippen LogP contribution in [0.3, 0.4) is 0 Å². The molecule has 0 saturated heterocycles. The lowest BCUT2D eigenvalue weighted by Crippen LogP contribution is -1.79. The molecule has 2 heteroatoms. The number of rotatable bonds is 3. The molecule has 0 aromatic carbocycles. The van der Waals surface area contributed by atoms with Gasteiger partial charge in [0.15, 0.2) is 0 Å². The summed E-state index contributed by atoms with van der Waals surface area (Å²) in [7, 11) is 0. The molecule has 0 amide bonds. The zero-order valence-corrected chi connectivity index (χ0v) is 4.98. The number of hydrogen-bond acceptors (Lipinski definition) is 1. The van der Waals surface area contributed by atoms with Gasteiger partial charge in [-0.1, -0.05) is 11.6 Å². The van der Waals surface area contributed by atoms with Gasteiger partial charge < -0.3 is 4.74 Å². The predicted octanol–water partition coefficient (Wildman–Crippen LogP) is 1.94. The fraction of sp³-hybridized carbons (Fsp3) is 0.400. The lowest BCUT2D eigenvalue weighted by atomic mass is 10.7. The van der Waals surface area contributed by atoms with Gasteiger partial charge in [0.1, 0.15) is 6.61 Å². The van der Waals surface area contributed by atoms with Gasteiger partial charge in [0.2, 0.25) is 0 Å². The van der Waals surface area contributed by atoms with Gasteiger partial charge in [-0.05, 0) is 13.0 Å². The molecule has 0 fully saturated rings. The highest BCUT2D eigenvalue weighted by molar-refractivity contribution is 6.25. The van der Waals surface area contributed by atoms with Gasteiger partial charge in [-0.3, -0.25) is 0 Å². The lowest BCUT2D eigenvalue weighted by molar-refractivity contribution is 0.233. The molecule has 0 aromatic heterocycles. The van der Waals surface area contributed by atoms with Crippen molar-refractivity contribution in [2.75, 3.05) is 6.61 Å². The molecule has 1 radical (unpaired) electrons. The van der Waals surface area contributed by atoms with Crippen molar-refractivity contribution in [3.05, 3.63) is 18.2 Å². The topological polar surface area (TPSA) is 9.23 Å². The molecule has 0 aromatic rings. The van der Waals surface area contributed by atoms with Crippen molar-refractivity contribution in [2.24, 2.45) is 0 Å². The monoisotopic (exact) mass is 119 g/mol. The molecular formula is C5H8ClO. The van der Waals surface area contributed by atoms with Crippen molar-refractivity contribution in [1.82, 2.24) is 0 Å². The fourth-order valence-electron chi connectivity index (χ4n) is 0.181. The second-order valence-corrected chi connectivity index (χ2v) is 1.16. The third-order valence-corrected chi connectivity index (χ3v) is 0.560. The molecular weight excluding hydrogens is 112 g/mol. The normalized spacial score (nSPS) is 10.6. The molecule has 41 valence electrons. The van der Waals surface area contributed by atoms with Crippen LogP contribution in [0.2, 0.25) is 0 Å². The van der Waals surface area contributed by atoms with Crippen molar-refractivity contribution in [3.8, 4) is 0 Å². The minimum absolute atomic E-state index is 0.696. The van der Waals surface area contributed by atoms with Crippen molar-refractivity contribution in [2.45, 2.75) is 6.92 Å². The Morgan fingerprint density at radius 2 is 2.43 bits per heavy atom. The van der Waals surface area contributed by atoms with Crippen LogP contribution in [0.4, 0.5) is 0 Å². The lowest BCUT2D eigenvalue weighted by Gasteiger charge is -1.87. The van der Waals surface area contributed by atoms with E-state index in [9.17, 15) is 0 Å². The van der Waals surface area contributed by atoms with Gasteiger partial charge >= 0.3 is 0 Å². The summed E-state index contributed by atoms with van der Waals surface area (Å²) in [4.78, 5) is 0. The van der Waals surface area contributed by atoms with Crippen molar-refractivity contribution in [3.63, 3.8) is 0 Å². The smallest absolute Gasteiger partial charge is 0.106 e. The van der Waals surface area contributed by atoms with Gasteiger partial charge in [-0.2, -0.15) is 0 Å². The van der Waals surface area contributed by atoms with E-state index < -0.39 is 0 Å². The van der Waals surface area contributed by atoms with Crippen LogP contribution in [-0.2, 0) is 4.74 Å². The summed E-state index contributed by atoms with van der Waals surface area (Å²) in [5, 5.41) is 0. The van der Waals surface area contributed by atoms with Crippen LogP contribution in [0.1, 0.15) is 6.92 Å². The zero-order chi connectivity index (χ0) is 5.54. The first-order valence-electron chi connectivity index (χ1n) is 2.12. The molecule has 0 bridgehead atoms. The average molecular weight is 120 g/mol. The van der Waals surface area contributed by atoms with Crippen molar-refractivity contribution >= 4 is 11.6 Å². The molecule has 0 rings (SSSR count). The Hall–Kier alpha value is -0.0100. The largest absolute Gasteiger partial charge is 0.371 e. The molecule has 0 aliphatic heterocycles. The summed E-state index contributed by atoms with van der Waals surface area (Å²) in [5.41, 5.74) is 1.40. The molecule has 1 nitrogen and oxygen atoms in total. The zero-order valence-electron chi connectivity index (χ0n) is 4.23. The van der Waals surface area contributed by atoms with Gasteiger partial charge in [0.05, 0.1) is 0 Å². The van der Waals surface area contributed by atoms with E-state index in [1.54, 1.807) is 12.7 Å². The van der Waals surface area contributed by atoms with E-state index in [1.807, 2.05) is 6.92 Å². The molecule has 0 aliphatic carbocycles. The SMILES string of the molecule is CCO[CH]/C=C/Cl. The van der Waals surface area contributed by atoms with Crippen LogP contribution in [0.15, 0.2) is 11.6 Å². The van der Waals surface area contributed by atoms with E-state index >= 15 is 0 Å². The predicted molar refractivity (Wildman–Crippen MR) is 30.9 cm³/mol. The minimum Gasteiger partial charge on any atom is -0.371 e. The Balaban J connectivity index is 2.69. The summed E-state index contributed by atoms with van der Waals surface area (Å²) < 4.78 is 4.78. The first-order chi connectivity index (χ1) is 3.41. The Bertz CT molecular complexity index is 52.0. The molecule has 7 heavy (non-hydrogen) atoms. The summed E-state index contributed by atoms with van der Waals surface area (Å²) >= 11 is 5.15. The van der Waals surface area contributed by atoms with Crippen LogP contribution in [0, 0.1) is 6.61 Å². The van der Waals surface area contributed by atoms with Crippen LogP contribution in [-0.4, -0.2) is 6.61 Å². The Morgan fingerprint density at radius 3 is 2.86 bits per heavy atom. The highest BCUT2D eigenvalue weighted by atomic mass is 35.5. The minimum atomic E-state index is 0.696. The maximum atomic E-state index is 5.15. The summed E-state index contributed by atoms with van der Waals surface area (Å²) in [6.45, 7) is 4.16. The first kappa shape index (κ1) is 6.99. The van der Waals surface area contributed by atoms with E-state index in [0.717, 1.165) is 0 Å². The number of halogens is 1. The number of hydrogen-bond donors (Lipinski definition) is 0.